The minimum Gasteiger partial charge on any atom is -0.482 e. The topological polar surface area (TPSA) is 52.4 Å². The first kappa shape index (κ1) is 15.4. The van der Waals surface area contributed by atoms with Crippen LogP contribution in [0.1, 0.15) is 16.7 Å². The highest BCUT2D eigenvalue weighted by atomic mass is 79.9. The van der Waals surface area contributed by atoms with Crippen molar-refractivity contribution in [3.05, 3.63) is 67.4 Å². The van der Waals surface area contributed by atoms with E-state index in [0.29, 0.717) is 15.6 Å². The van der Waals surface area contributed by atoms with E-state index in [2.05, 4.69) is 15.9 Å². The number of ether oxygens (including phenoxy) is 1. The lowest BCUT2D eigenvalue weighted by Gasteiger charge is -2.11. The number of nitro groups is 1. The van der Waals surface area contributed by atoms with Gasteiger partial charge in [0, 0.05) is 10.5 Å². The number of nitrogens with zero attached hydrogens (tertiary/aromatic N) is 1. The molecule has 0 aliphatic rings. The van der Waals surface area contributed by atoms with Gasteiger partial charge in [-0.2, -0.15) is 0 Å². The highest BCUT2D eigenvalue weighted by Gasteiger charge is 2.18. The Kier molecular flexibility index (Phi) is 4.57. The maximum atomic E-state index is 13.3. The number of rotatable bonds is 4. The quantitative estimate of drug-likeness (QED) is 0.591. The molecule has 0 bridgehead atoms. The fourth-order valence-corrected chi connectivity index (χ4v) is 2.62. The highest BCUT2D eigenvalue weighted by Crippen LogP contribution is 2.32. The van der Waals surface area contributed by atoms with Gasteiger partial charge in [-0.15, -0.1) is 0 Å². The molecule has 0 radical (unpaired) electrons. The number of aryl methyl sites for hydroxylation is 2. The zero-order valence-electron chi connectivity index (χ0n) is 11.5. The van der Waals surface area contributed by atoms with E-state index in [0.717, 1.165) is 5.56 Å². The second kappa shape index (κ2) is 6.22. The normalized spacial score (nSPS) is 10.5. The molecule has 21 heavy (non-hydrogen) atoms. The van der Waals surface area contributed by atoms with E-state index >= 15 is 0 Å². The number of halogens is 2. The van der Waals surface area contributed by atoms with Crippen LogP contribution in [0.5, 0.6) is 5.75 Å². The average molecular weight is 354 g/mol. The van der Waals surface area contributed by atoms with Gasteiger partial charge in [0.25, 0.3) is 0 Å². The Morgan fingerprint density at radius 1 is 1.24 bits per heavy atom. The summed E-state index contributed by atoms with van der Waals surface area (Å²) < 4.78 is 19.4. The minimum atomic E-state index is -0.475. The van der Waals surface area contributed by atoms with Gasteiger partial charge in [-0.3, -0.25) is 10.1 Å². The summed E-state index contributed by atoms with van der Waals surface area (Å²) in [4.78, 5) is 10.6. The Bertz CT molecular complexity index is 683. The van der Waals surface area contributed by atoms with Crippen LogP contribution in [0.15, 0.2) is 34.8 Å². The fraction of sp³-hybridized carbons (Fsp3) is 0.200. The van der Waals surface area contributed by atoms with Crippen molar-refractivity contribution in [2.24, 2.45) is 0 Å². The predicted octanol–water partition coefficient (Wildman–Crippen LogP) is 4.69. The molecule has 0 aliphatic heterocycles. The third-order valence-corrected chi connectivity index (χ3v) is 3.36. The monoisotopic (exact) mass is 353 g/mol. The Labute approximate surface area is 129 Å². The van der Waals surface area contributed by atoms with Gasteiger partial charge >= 0.3 is 5.69 Å². The second-order valence-corrected chi connectivity index (χ2v) is 5.67. The molecule has 4 nitrogen and oxygen atoms in total. The van der Waals surface area contributed by atoms with Crippen molar-refractivity contribution in [1.82, 2.24) is 0 Å². The zero-order valence-corrected chi connectivity index (χ0v) is 13.1. The summed E-state index contributed by atoms with van der Waals surface area (Å²) in [6.45, 7) is 3.59. The van der Waals surface area contributed by atoms with Gasteiger partial charge in [-0.05, 0) is 48.7 Å². The van der Waals surface area contributed by atoms with Crippen molar-refractivity contribution >= 4 is 21.6 Å². The summed E-state index contributed by atoms with van der Waals surface area (Å²) >= 11 is 3.20. The lowest BCUT2D eigenvalue weighted by molar-refractivity contribution is -0.386. The van der Waals surface area contributed by atoms with Gasteiger partial charge in [0.2, 0.25) is 0 Å². The lowest BCUT2D eigenvalue weighted by Crippen LogP contribution is -2.02. The molecule has 2 aromatic carbocycles. The van der Waals surface area contributed by atoms with E-state index in [1.807, 2.05) is 6.07 Å². The van der Waals surface area contributed by atoms with Gasteiger partial charge in [0.15, 0.2) is 5.75 Å². The van der Waals surface area contributed by atoms with Crippen LogP contribution < -0.4 is 4.74 Å². The van der Waals surface area contributed by atoms with E-state index < -0.39 is 10.7 Å². The van der Waals surface area contributed by atoms with Crippen molar-refractivity contribution < 1.29 is 14.1 Å². The number of hydrogen-bond acceptors (Lipinski definition) is 3. The molecule has 2 rings (SSSR count). The summed E-state index contributed by atoms with van der Waals surface area (Å²) in [7, 11) is 0. The van der Waals surface area contributed by atoms with Gasteiger partial charge < -0.3 is 4.74 Å². The van der Waals surface area contributed by atoms with Gasteiger partial charge in [-0.1, -0.05) is 22.0 Å². The average Bonchev–Trinajstić information content (AvgIpc) is 2.35. The molecular weight excluding hydrogens is 341 g/mol. The van der Waals surface area contributed by atoms with E-state index in [1.54, 1.807) is 19.9 Å². The van der Waals surface area contributed by atoms with Crippen LogP contribution in [0.4, 0.5) is 10.1 Å². The second-order valence-electron chi connectivity index (χ2n) is 4.75. The third-order valence-electron chi connectivity index (χ3n) is 2.90. The molecule has 0 saturated heterocycles. The van der Waals surface area contributed by atoms with E-state index in [-0.39, 0.29) is 18.0 Å². The van der Waals surface area contributed by atoms with Crippen molar-refractivity contribution in [2.45, 2.75) is 20.5 Å². The van der Waals surface area contributed by atoms with E-state index in [9.17, 15) is 14.5 Å². The van der Waals surface area contributed by atoms with E-state index in [1.165, 1.54) is 18.2 Å². The predicted molar refractivity (Wildman–Crippen MR) is 81.0 cm³/mol. The molecule has 110 valence electrons. The summed E-state index contributed by atoms with van der Waals surface area (Å²) in [6, 6.07) is 7.65. The zero-order chi connectivity index (χ0) is 15.6. The number of nitro benzene ring substituents is 1. The Morgan fingerprint density at radius 3 is 2.57 bits per heavy atom. The molecule has 0 spiro atoms. The molecule has 0 heterocycles. The SMILES string of the molecule is Cc1cc(C)c(OCc2cc(F)cc(Br)c2)c([N+](=O)[O-])c1. The summed E-state index contributed by atoms with van der Waals surface area (Å²) in [5.41, 5.74) is 1.98. The molecule has 0 N–H and O–H groups in total. The lowest BCUT2D eigenvalue weighted by atomic mass is 10.1. The molecule has 6 heteroatoms. The van der Waals surface area contributed by atoms with Crippen molar-refractivity contribution in [3.63, 3.8) is 0 Å². The van der Waals surface area contributed by atoms with Gasteiger partial charge in [0.05, 0.1) is 4.92 Å². The number of hydrogen-bond donors (Lipinski definition) is 0. The first-order valence-corrected chi connectivity index (χ1v) is 6.99. The van der Waals surface area contributed by atoms with Crippen molar-refractivity contribution in [3.8, 4) is 5.75 Å². The smallest absolute Gasteiger partial charge is 0.311 e. The van der Waals surface area contributed by atoms with Crippen LogP contribution in [0.2, 0.25) is 0 Å². The molecule has 0 aromatic heterocycles. The maximum absolute atomic E-state index is 13.3. The molecular formula is C15H13BrFNO3. The number of benzene rings is 2. The first-order chi connectivity index (χ1) is 9.86. The standard InChI is InChI=1S/C15H13BrFNO3/c1-9-3-10(2)15(14(4-9)18(19)20)21-8-11-5-12(16)7-13(17)6-11/h3-7H,8H2,1-2H3. The van der Waals surface area contributed by atoms with Crippen molar-refractivity contribution in [2.75, 3.05) is 0 Å². The molecule has 0 amide bonds. The summed E-state index contributed by atoms with van der Waals surface area (Å²) in [5, 5.41) is 11.1. The molecule has 0 saturated carbocycles. The van der Waals surface area contributed by atoms with Crippen LogP contribution in [0.25, 0.3) is 0 Å². The Balaban J connectivity index is 2.29. The largest absolute Gasteiger partial charge is 0.482 e. The van der Waals surface area contributed by atoms with Crippen LogP contribution in [-0.2, 0) is 6.61 Å². The third kappa shape index (κ3) is 3.78. The molecule has 0 aliphatic carbocycles. The summed E-state index contributed by atoms with van der Waals surface area (Å²) in [5.74, 6) is -0.177. The van der Waals surface area contributed by atoms with Gasteiger partial charge in [0.1, 0.15) is 12.4 Å². The minimum absolute atomic E-state index is 0.0566. The Morgan fingerprint density at radius 2 is 1.95 bits per heavy atom. The van der Waals surface area contributed by atoms with Gasteiger partial charge in [-0.25, -0.2) is 4.39 Å². The van der Waals surface area contributed by atoms with Crippen LogP contribution in [0, 0.1) is 29.8 Å². The molecule has 0 atom stereocenters. The Hall–Kier alpha value is -1.95. The molecule has 2 aromatic rings. The first-order valence-electron chi connectivity index (χ1n) is 6.20. The van der Waals surface area contributed by atoms with Crippen LogP contribution >= 0.6 is 15.9 Å². The van der Waals surface area contributed by atoms with E-state index in [4.69, 9.17) is 4.74 Å². The van der Waals surface area contributed by atoms with Crippen LogP contribution in [-0.4, -0.2) is 4.92 Å². The van der Waals surface area contributed by atoms with Crippen molar-refractivity contribution in [1.29, 1.82) is 0 Å². The highest BCUT2D eigenvalue weighted by molar-refractivity contribution is 9.10. The molecule has 0 unspecified atom stereocenters. The maximum Gasteiger partial charge on any atom is 0.311 e. The summed E-state index contributed by atoms with van der Waals surface area (Å²) in [6.07, 6.45) is 0. The van der Waals surface area contributed by atoms with Crippen LogP contribution in [0.3, 0.4) is 0 Å². The molecule has 0 fully saturated rings. The fourth-order valence-electron chi connectivity index (χ4n) is 2.11.